The first-order chi connectivity index (χ1) is 12.9. The van der Waals surface area contributed by atoms with Crippen molar-refractivity contribution < 1.29 is 23.6 Å². The van der Waals surface area contributed by atoms with Crippen LogP contribution in [0.1, 0.15) is 19.8 Å². The molecule has 144 valence electrons. The zero-order chi connectivity index (χ0) is 19.6. The van der Waals surface area contributed by atoms with E-state index in [0.29, 0.717) is 18.8 Å². The number of carbonyl (C=O) groups is 4. The molecule has 0 saturated carbocycles. The lowest BCUT2D eigenvalue weighted by atomic mass is 10.2. The van der Waals surface area contributed by atoms with Gasteiger partial charge in [-0.3, -0.25) is 24.2 Å². The zero-order valence-electron chi connectivity index (χ0n) is 15.0. The van der Waals surface area contributed by atoms with Crippen LogP contribution in [0.2, 0.25) is 0 Å². The second kappa shape index (κ2) is 7.73. The van der Waals surface area contributed by atoms with Gasteiger partial charge in [0.05, 0.1) is 6.54 Å². The fourth-order valence-corrected chi connectivity index (χ4v) is 3.26. The van der Waals surface area contributed by atoms with Gasteiger partial charge in [0.25, 0.3) is 5.91 Å². The lowest BCUT2D eigenvalue weighted by Gasteiger charge is -2.19. The lowest BCUT2D eigenvalue weighted by Crippen LogP contribution is -2.45. The number of imide groups is 1. The van der Waals surface area contributed by atoms with Crippen molar-refractivity contribution in [2.45, 2.75) is 25.8 Å². The summed E-state index contributed by atoms with van der Waals surface area (Å²) >= 11 is 0. The van der Waals surface area contributed by atoms with Gasteiger partial charge in [-0.05, 0) is 44.0 Å². The van der Waals surface area contributed by atoms with Crippen molar-refractivity contribution in [3.63, 3.8) is 0 Å². The van der Waals surface area contributed by atoms with Crippen LogP contribution >= 0.6 is 0 Å². The minimum absolute atomic E-state index is 0.160. The molecule has 1 atom stereocenters. The van der Waals surface area contributed by atoms with Gasteiger partial charge in [-0.2, -0.15) is 0 Å². The van der Waals surface area contributed by atoms with E-state index in [-0.39, 0.29) is 12.5 Å². The third-order valence-electron chi connectivity index (χ3n) is 4.75. The molecule has 1 aromatic carbocycles. The van der Waals surface area contributed by atoms with Crippen molar-refractivity contribution in [2.24, 2.45) is 0 Å². The number of hydrogen-bond acceptors (Lipinski definition) is 4. The van der Waals surface area contributed by atoms with Crippen molar-refractivity contribution in [1.29, 1.82) is 0 Å². The quantitative estimate of drug-likeness (QED) is 0.767. The molecule has 0 aromatic heterocycles. The summed E-state index contributed by atoms with van der Waals surface area (Å²) in [6.07, 6.45) is 1.90. The van der Waals surface area contributed by atoms with Crippen molar-refractivity contribution in [2.75, 3.05) is 31.1 Å². The van der Waals surface area contributed by atoms with E-state index in [1.165, 1.54) is 29.2 Å². The van der Waals surface area contributed by atoms with Crippen LogP contribution in [0.15, 0.2) is 24.3 Å². The molecule has 3 rings (SSSR count). The summed E-state index contributed by atoms with van der Waals surface area (Å²) in [7, 11) is 0. The topological polar surface area (TPSA) is 90.0 Å². The van der Waals surface area contributed by atoms with Crippen molar-refractivity contribution >= 4 is 29.4 Å². The highest BCUT2D eigenvalue weighted by Gasteiger charge is 2.44. The number of halogens is 1. The van der Waals surface area contributed by atoms with Crippen LogP contribution < -0.4 is 10.2 Å². The number of likely N-dealkylation sites (tertiary alicyclic amines) is 1. The van der Waals surface area contributed by atoms with Gasteiger partial charge < -0.3 is 10.2 Å². The van der Waals surface area contributed by atoms with E-state index < -0.39 is 36.2 Å². The second-order valence-corrected chi connectivity index (χ2v) is 6.59. The maximum absolute atomic E-state index is 13.1. The summed E-state index contributed by atoms with van der Waals surface area (Å²) in [5, 5.41) is 2.46. The SMILES string of the molecule is CC1C(=O)N(CC(=O)NCC(=O)N2CCCC2)C(=O)N1c1ccc(F)cc1. The predicted molar refractivity (Wildman–Crippen MR) is 94.3 cm³/mol. The van der Waals surface area contributed by atoms with Crippen LogP contribution in [0.25, 0.3) is 0 Å². The van der Waals surface area contributed by atoms with Crippen molar-refractivity contribution in [3.05, 3.63) is 30.1 Å². The van der Waals surface area contributed by atoms with Crippen molar-refractivity contribution in [1.82, 2.24) is 15.1 Å². The highest BCUT2D eigenvalue weighted by Crippen LogP contribution is 2.25. The second-order valence-electron chi connectivity index (χ2n) is 6.59. The molecule has 8 nitrogen and oxygen atoms in total. The van der Waals surface area contributed by atoms with Gasteiger partial charge in [0.2, 0.25) is 11.8 Å². The summed E-state index contributed by atoms with van der Waals surface area (Å²) in [6.45, 7) is 2.28. The number of nitrogens with one attached hydrogen (secondary N) is 1. The Hall–Kier alpha value is -2.97. The first kappa shape index (κ1) is 18.8. The van der Waals surface area contributed by atoms with Crippen LogP contribution in [0.4, 0.5) is 14.9 Å². The smallest absolute Gasteiger partial charge is 0.332 e. The fourth-order valence-electron chi connectivity index (χ4n) is 3.26. The molecule has 0 spiro atoms. The van der Waals surface area contributed by atoms with E-state index in [1.807, 2.05) is 0 Å². The Bertz CT molecular complexity index is 761. The van der Waals surface area contributed by atoms with Gasteiger partial charge in [0, 0.05) is 18.8 Å². The standard InChI is InChI=1S/C18H21FN4O4/c1-12-17(26)22(18(27)23(12)14-6-4-13(19)5-7-14)11-15(24)20-10-16(25)21-8-2-3-9-21/h4-7,12H,2-3,8-11H2,1H3,(H,20,24). The van der Waals surface area contributed by atoms with E-state index in [9.17, 15) is 23.6 Å². The Morgan fingerprint density at radius 3 is 2.41 bits per heavy atom. The van der Waals surface area contributed by atoms with Crippen LogP contribution in [-0.2, 0) is 14.4 Å². The van der Waals surface area contributed by atoms with Gasteiger partial charge >= 0.3 is 6.03 Å². The van der Waals surface area contributed by atoms with Gasteiger partial charge in [-0.15, -0.1) is 0 Å². The van der Waals surface area contributed by atoms with Gasteiger partial charge in [0.15, 0.2) is 0 Å². The number of anilines is 1. The normalized spacial score (nSPS) is 19.8. The summed E-state index contributed by atoms with van der Waals surface area (Å²) in [4.78, 5) is 52.7. The number of benzene rings is 1. The first-order valence-corrected chi connectivity index (χ1v) is 8.83. The lowest BCUT2D eigenvalue weighted by molar-refractivity contribution is -0.134. The minimum Gasteiger partial charge on any atom is -0.345 e. The summed E-state index contributed by atoms with van der Waals surface area (Å²) < 4.78 is 13.1. The number of nitrogens with zero attached hydrogens (tertiary/aromatic N) is 3. The molecule has 9 heteroatoms. The number of urea groups is 1. The Morgan fingerprint density at radius 1 is 1.15 bits per heavy atom. The Morgan fingerprint density at radius 2 is 1.78 bits per heavy atom. The molecule has 1 aromatic rings. The van der Waals surface area contributed by atoms with Gasteiger partial charge in [0.1, 0.15) is 18.4 Å². The molecule has 1 unspecified atom stereocenters. The summed E-state index contributed by atoms with van der Waals surface area (Å²) in [5.41, 5.74) is 0.370. The van der Waals surface area contributed by atoms with E-state index in [4.69, 9.17) is 0 Å². The van der Waals surface area contributed by atoms with Gasteiger partial charge in [-0.25, -0.2) is 9.18 Å². The molecular weight excluding hydrogens is 355 g/mol. The molecule has 1 N–H and O–H groups in total. The molecular formula is C18H21FN4O4. The van der Waals surface area contributed by atoms with Crippen LogP contribution in [-0.4, -0.2) is 65.8 Å². The molecule has 5 amide bonds. The monoisotopic (exact) mass is 376 g/mol. The van der Waals surface area contributed by atoms with Crippen molar-refractivity contribution in [3.8, 4) is 0 Å². The molecule has 2 saturated heterocycles. The summed E-state index contributed by atoms with van der Waals surface area (Å²) in [5.74, 6) is -1.74. The predicted octanol–water partition coefficient (Wildman–Crippen LogP) is 0.721. The Labute approximate surface area is 155 Å². The van der Waals surface area contributed by atoms with E-state index in [0.717, 1.165) is 17.7 Å². The fraction of sp³-hybridized carbons (Fsp3) is 0.444. The maximum Gasteiger partial charge on any atom is 0.332 e. The molecule has 0 radical (unpaired) electrons. The number of hydrogen-bond donors (Lipinski definition) is 1. The Kier molecular flexibility index (Phi) is 5.38. The molecule has 27 heavy (non-hydrogen) atoms. The zero-order valence-corrected chi connectivity index (χ0v) is 15.0. The molecule has 2 heterocycles. The molecule has 0 aliphatic carbocycles. The number of amides is 5. The average Bonchev–Trinajstić information content (AvgIpc) is 3.25. The van der Waals surface area contributed by atoms with Crippen LogP contribution in [0.5, 0.6) is 0 Å². The molecule has 2 aliphatic rings. The van der Waals surface area contributed by atoms with Crippen LogP contribution in [0, 0.1) is 5.82 Å². The summed E-state index contributed by atoms with van der Waals surface area (Å²) in [6, 6.07) is 3.73. The van der Waals surface area contributed by atoms with Crippen LogP contribution in [0.3, 0.4) is 0 Å². The maximum atomic E-state index is 13.1. The highest BCUT2D eigenvalue weighted by atomic mass is 19.1. The number of rotatable bonds is 5. The third-order valence-corrected chi connectivity index (χ3v) is 4.75. The van der Waals surface area contributed by atoms with E-state index in [2.05, 4.69) is 5.32 Å². The largest absolute Gasteiger partial charge is 0.345 e. The third kappa shape index (κ3) is 3.91. The first-order valence-electron chi connectivity index (χ1n) is 8.83. The molecule has 2 fully saturated rings. The minimum atomic E-state index is -0.804. The van der Waals surface area contributed by atoms with E-state index in [1.54, 1.807) is 11.8 Å². The molecule has 0 bridgehead atoms. The Balaban J connectivity index is 1.60. The van der Waals surface area contributed by atoms with E-state index >= 15 is 0 Å². The molecule has 2 aliphatic heterocycles. The highest BCUT2D eigenvalue weighted by molar-refractivity contribution is 6.15. The van der Waals surface area contributed by atoms with Gasteiger partial charge in [-0.1, -0.05) is 0 Å². The average molecular weight is 376 g/mol. The number of carbonyl (C=O) groups excluding carboxylic acids is 4.